The molecule has 3 aliphatic rings. The third-order valence-corrected chi connectivity index (χ3v) is 7.27. The molecule has 1 aromatic carbocycles. The van der Waals surface area contributed by atoms with Crippen LogP contribution in [0.3, 0.4) is 0 Å². The highest BCUT2D eigenvalue weighted by Crippen LogP contribution is 2.24. The van der Waals surface area contributed by atoms with Crippen molar-refractivity contribution in [2.75, 3.05) is 38.5 Å². The number of anilines is 1. The molecule has 11 nitrogen and oxygen atoms in total. The molecule has 190 valence electrons. The number of carbonyl (C=O) groups is 2. The molecule has 5 rings (SSSR count). The Hall–Kier alpha value is -3.86. The van der Waals surface area contributed by atoms with Crippen molar-refractivity contribution in [2.24, 2.45) is 7.05 Å². The number of fused-ring (bicyclic) bond motifs is 1. The molecule has 2 N–H and O–H groups in total. The fraction of sp³-hybridized carbons (Fsp3) is 0.440. The Morgan fingerprint density at radius 3 is 2.53 bits per heavy atom. The predicted octanol–water partition coefficient (Wildman–Crippen LogP) is 0.419. The van der Waals surface area contributed by atoms with Gasteiger partial charge in [-0.05, 0) is 36.5 Å². The van der Waals surface area contributed by atoms with Gasteiger partial charge in [-0.25, -0.2) is 15.0 Å². The normalized spacial score (nSPS) is 18.6. The molecule has 0 bridgehead atoms. The van der Waals surface area contributed by atoms with Gasteiger partial charge in [-0.3, -0.25) is 18.7 Å². The first-order valence-electron chi connectivity index (χ1n) is 12.2. The van der Waals surface area contributed by atoms with Crippen LogP contribution < -0.4 is 22.0 Å². The maximum absolute atomic E-state index is 13.1. The number of nitrogens with one attached hydrogen (secondary N) is 2. The summed E-state index contributed by atoms with van der Waals surface area (Å²) in [6.07, 6.45) is 5.42. The van der Waals surface area contributed by atoms with E-state index in [2.05, 4.69) is 10.7 Å². The van der Waals surface area contributed by atoms with Gasteiger partial charge in [-0.15, -0.1) is 0 Å². The highest BCUT2D eigenvalue weighted by atomic mass is 16.2. The van der Waals surface area contributed by atoms with Crippen molar-refractivity contribution >= 4 is 23.2 Å². The lowest BCUT2D eigenvalue weighted by molar-refractivity contribution is -0.133. The van der Waals surface area contributed by atoms with Gasteiger partial charge in [0.15, 0.2) is 0 Å². The summed E-state index contributed by atoms with van der Waals surface area (Å²) in [5.41, 5.74) is 5.32. The van der Waals surface area contributed by atoms with Gasteiger partial charge in [0, 0.05) is 64.4 Å². The van der Waals surface area contributed by atoms with E-state index in [0.717, 1.165) is 27.8 Å². The smallest absolute Gasteiger partial charge is 0.331 e. The predicted molar refractivity (Wildman–Crippen MR) is 135 cm³/mol. The summed E-state index contributed by atoms with van der Waals surface area (Å²) in [6, 6.07) is 7.79. The van der Waals surface area contributed by atoms with Crippen LogP contribution in [0.2, 0.25) is 0 Å². The average molecular weight is 494 g/mol. The Morgan fingerprint density at radius 2 is 1.81 bits per heavy atom. The molecule has 2 aromatic rings. The van der Waals surface area contributed by atoms with Crippen molar-refractivity contribution < 1.29 is 9.59 Å². The molecule has 0 radical (unpaired) electrons. The van der Waals surface area contributed by atoms with Crippen LogP contribution in [0.15, 0.2) is 46.3 Å². The van der Waals surface area contributed by atoms with Gasteiger partial charge < -0.3 is 20.1 Å². The van der Waals surface area contributed by atoms with Crippen molar-refractivity contribution in [3.8, 4) is 0 Å². The van der Waals surface area contributed by atoms with E-state index >= 15 is 0 Å². The minimum absolute atomic E-state index is 0.0500. The lowest BCUT2D eigenvalue weighted by Crippen LogP contribution is -2.51. The molecule has 1 aromatic heterocycles. The molecule has 0 spiro atoms. The molecule has 0 saturated carbocycles. The SMILES string of the molecule is CN1C=C(c2cn(CC(=O)N3CCC(N4CCc5ccccc5NC4=O)CC3)c(=O)n(C)c2=O)CN1. The Kier molecular flexibility index (Phi) is 6.40. The number of aromatic nitrogens is 2. The van der Waals surface area contributed by atoms with Crippen molar-refractivity contribution in [3.63, 3.8) is 0 Å². The Bertz CT molecular complexity index is 1340. The molecule has 0 unspecified atom stereocenters. The molecule has 0 aliphatic carbocycles. The second-order valence-corrected chi connectivity index (χ2v) is 9.56. The molecule has 0 atom stereocenters. The third-order valence-electron chi connectivity index (χ3n) is 7.27. The number of piperidine rings is 1. The number of para-hydroxylation sites is 1. The Balaban J connectivity index is 1.24. The first kappa shape index (κ1) is 23.9. The third kappa shape index (κ3) is 4.53. The van der Waals surface area contributed by atoms with Gasteiger partial charge in [-0.2, -0.15) is 0 Å². The first-order chi connectivity index (χ1) is 17.3. The van der Waals surface area contributed by atoms with Gasteiger partial charge >= 0.3 is 11.7 Å². The van der Waals surface area contributed by atoms with E-state index in [1.165, 1.54) is 17.8 Å². The molecular formula is C25H31N7O4. The highest BCUT2D eigenvalue weighted by molar-refractivity contribution is 5.91. The van der Waals surface area contributed by atoms with E-state index < -0.39 is 5.69 Å². The number of amides is 3. The summed E-state index contributed by atoms with van der Waals surface area (Å²) in [6.45, 7) is 1.99. The number of likely N-dealkylation sites (tertiary alicyclic amines) is 1. The second-order valence-electron chi connectivity index (χ2n) is 9.56. The number of nitrogens with zero attached hydrogens (tertiary/aromatic N) is 5. The maximum atomic E-state index is 13.1. The number of carbonyl (C=O) groups excluding carboxylic acids is 2. The van der Waals surface area contributed by atoms with Crippen molar-refractivity contribution in [1.82, 2.24) is 29.4 Å². The van der Waals surface area contributed by atoms with Crippen LogP contribution in [-0.4, -0.2) is 75.1 Å². The molecule has 1 saturated heterocycles. The maximum Gasteiger partial charge on any atom is 0.331 e. The Morgan fingerprint density at radius 1 is 1.06 bits per heavy atom. The van der Waals surface area contributed by atoms with Crippen molar-refractivity contribution in [3.05, 3.63) is 68.6 Å². The van der Waals surface area contributed by atoms with Crippen molar-refractivity contribution in [1.29, 1.82) is 0 Å². The fourth-order valence-electron chi connectivity index (χ4n) is 5.17. The first-order valence-corrected chi connectivity index (χ1v) is 12.2. The quantitative estimate of drug-likeness (QED) is 0.639. The number of hydrogen-bond acceptors (Lipinski definition) is 6. The van der Waals surface area contributed by atoms with E-state index in [4.69, 9.17) is 0 Å². The lowest BCUT2D eigenvalue weighted by Gasteiger charge is -2.38. The summed E-state index contributed by atoms with van der Waals surface area (Å²) in [7, 11) is 3.26. The average Bonchev–Trinajstić information content (AvgIpc) is 3.23. The minimum atomic E-state index is -0.521. The van der Waals surface area contributed by atoms with Crippen LogP contribution in [0.1, 0.15) is 24.0 Å². The lowest BCUT2D eigenvalue weighted by atomic mass is 10.0. The van der Waals surface area contributed by atoms with Crippen LogP contribution in [0.25, 0.3) is 5.57 Å². The zero-order valence-electron chi connectivity index (χ0n) is 20.6. The highest BCUT2D eigenvalue weighted by Gasteiger charge is 2.31. The molecule has 3 amide bonds. The zero-order chi connectivity index (χ0) is 25.4. The van der Waals surface area contributed by atoms with Crippen LogP contribution in [0.4, 0.5) is 10.5 Å². The summed E-state index contributed by atoms with van der Waals surface area (Å²) in [4.78, 5) is 54.9. The van der Waals surface area contributed by atoms with Crippen LogP contribution >= 0.6 is 0 Å². The van der Waals surface area contributed by atoms with E-state index in [1.807, 2.05) is 36.2 Å². The van der Waals surface area contributed by atoms with E-state index in [-0.39, 0.29) is 30.1 Å². The van der Waals surface area contributed by atoms with Crippen molar-refractivity contribution in [2.45, 2.75) is 31.8 Å². The topological polar surface area (TPSA) is 112 Å². The number of urea groups is 1. The summed E-state index contributed by atoms with van der Waals surface area (Å²) in [5, 5.41) is 4.76. The number of hydrazine groups is 1. The molecule has 1 fully saturated rings. The molecule has 4 heterocycles. The Labute approximate surface area is 208 Å². The van der Waals surface area contributed by atoms with E-state index in [0.29, 0.717) is 44.6 Å². The minimum Gasteiger partial charge on any atom is -0.341 e. The molecule has 36 heavy (non-hydrogen) atoms. The fourth-order valence-corrected chi connectivity index (χ4v) is 5.17. The van der Waals surface area contributed by atoms with Gasteiger partial charge in [0.25, 0.3) is 5.56 Å². The number of benzene rings is 1. The van der Waals surface area contributed by atoms with Gasteiger partial charge in [0.2, 0.25) is 5.91 Å². The number of rotatable bonds is 4. The van der Waals surface area contributed by atoms with E-state index in [1.54, 1.807) is 16.1 Å². The summed E-state index contributed by atoms with van der Waals surface area (Å²) >= 11 is 0. The molecule has 11 heteroatoms. The van der Waals surface area contributed by atoms with E-state index in [9.17, 15) is 19.2 Å². The standard InChI is InChI=1S/C25H31N7O4/c1-28-14-18(13-26-28)20-15-31(25(36)29(2)23(20)34)16-22(33)30-10-8-19(9-11-30)32-12-7-17-5-3-4-6-21(17)27-24(32)35/h3-6,14-15,19,26H,7-13,16H2,1-2H3,(H,27,35). The van der Waals surface area contributed by atoms with Gasteiger partial charge in [0.05, 0.1) is 5.56 Å². The number of hydrogen-bond donors (Lipinski definition) is 2. The van der Waals surface area contributed by atoms with Gasteiger partial charge in [-0.1, -0.05) is 18.2 Å². The van der Waals surface area contributed by atoms with Crippen LogP contribution in [0.5, 0.6) is 0 Å². The molecule has 3 aliphatic heterocycles. The van der Waals surface area contributed by atoms with Crippen LogP contribution in [0, 0.1) is 0 Å². The largest absolute Gasteiger partial charge is 0.341 e. The summed E-state index contributed by atoms with van der Waals surface area (Å²) < 4.78 is 2.35. The zero-order valence-corrected chi connectivity index (χ0v) is 20.6. The molecular weight excluding hydrogens is 462 g/mol. The van der Waals surface area contributed by atoms with Crippen LogP contribution in [-0.2, 0) is 24.8 Å². The summed E-state index contributed by atoms with van der Waals surface area (Å²) in [5.74, 6) is -0.177. The monoisotopic (exact) mass is 493 g/mol. The van der Waals surface area contributed by atoms with Gasteiger partial charge in [0.1, 0.15) is 6.54 Å². The second kappa shape index (κ2) is 9.65.